The highest BCUT2D eigenvalue weighted by Gasteiger charge is 2.39. The van der Waals surface area contributed by atoms with Crippen LogP contribution in [0.2, 0.25) is 0 Å². The van der Waals surface area contributed by atoms with Crippen LogP contribution >= 0.6 is 0 Å². The predicted molar refractivity (Wildman–Crippen MR) is 197 cm³/mol. The van der Waals surface area contributed by atoms with Crippen molar-refractivity contribution in [1.82, 2.24) is 10.6 Å². The summed E-state index contributed by atoms with van der Waals surface area (Å²) >= 11 is 0. The Kier molecular flexibility index (Phi) is 7.56. The highest BCUT2D eigenvalue weighted by Crippen LogP contribution is 2.54. The molecule has 8 rings (SSSR count). The first-order valence-electron chi connectivity index (χ1n) is 16.8. The zero-order chi connectivity index (χ0) is 32.7. The Labute approximate surface area is 283 Å². The summed E-state index contributed by atoms with van der Waals surface area (Å²) in [4.78, 5) is 0. The molecule has 0 spiro atoms. The minimum absolute atomic E-state index is 0.0780. The van der Waals surface area contributed by atoms with Gasteiger partial charge >= 0.3 is 0 Å². The van der Waals surface area contributed by atoms with Crippen molar-refractivity contribution < 1.29 is 0 Å². The van der Waals surface area contributed by atoms with E-state index in [4.69, 9.17) is 0 Å². The lowest BCUT2D eigenvalue weighted by atomic mass is 9.79. The molecular formula is C44H38N4. The highest BCUT2D eigenvalue weighted by atomic mass is 15.2. The zero-order valence-electron chi connectivity index (χ0n) is 27.2. The number of nitrogens with zero attached hydrogens (tertiary/aromatic N) is 1. The van der Waals surface area contributed by atoms with Crippen molar-refractivity contribution in [3.8, 4) is 17.2 Å². The average Bonchev–Trinajstić information content (AvgIpc) is 3.38. The van der Waals surface area contributed by atoms with E-state index < -0.39 is 0 Å². The van der Waals surface area contributed by atoms with Crippen molar-refractivity contribution in [1.29, 1.82) is 5.26 Å². The Balaban J connectivity index is 1.19. The minimum atomic E-state index is -0.157. The number of allylic oxidation sites excluding steroid dienone is 4. The Morgan fingerprint density at radius 2 is 1.60 bits per heavy atom. The van der Waals surface area contributed by atoms with Gasteiger partial charge in [0.15, 0.2) is 0 Å². The van der Waals surface area contributed by atoms with Crippen molar-refractivity contribution in [3.63, 3.8) is 0 Å². The maximum absolute atomic E-state index is 9.60. The molecule has 3 atom stereocenters. The Hall–Kier alpha value is -5.63. The predicted octanol–water partition coefficient (Wildman–Crippen LogP) is 10.2. The molecule has 4 nitrogen and oxygen atoms in total. The molecule has 0 fully saturated rings. The molecule has 3 unspecified atom stereocenters. The summed E-state index contributed by atoms with van der Waals surface area (Å²) in [7, 11) is 0. The molecule has 48 heavy (non-hydrogen) atoms. The fraction of sp³-hybridized carbons (Fsp3) is 0.159. The van der Waals surface area contributed by atoms with Crippen LogP contribution in [0.25, 0.3) is 16.8 Å². The van der Waals surface area contributed by atoms with Crippen LogP contribution in [0, 0.1) is 11.3 Å². The summed E-state index contributed by atoms with van der Waals surface area (Å²) < 4.78 is 0. The maximum atomic E-state index is 9.60. The summed E-state index contributed by atoms with van der Waals surface area (Å²) in [6.07, 6.45) is 12.0. The zero-order valence-corrected chi connectivity index (χ0v) is 27.2. The van der Waals surface area contributed by atoms with Gasteiger partial charge in [-0.15, -0.1) is 0 Å². The molecular weight excluding hydrogens is 585 g/mol. The van der Waals surface area contributed by atoms with E-state index in [0.717, 1.165) is 34.5 Å². The standard InChI is InChI=1S/C44H38N4/c1-44(2)38-22-10-9-21-36(38)37-24-23-35(30-14-5-3-6-15-30)42(41(37)44)46-34-20-12-19-33(26-34)43-47-39(31-16-7-4-8-17-31)27-40(48-43)32-18-11-13-29(25-32)28-45/h3-14,16-27,30,40,43,46-48H,15H2,1-2H3. The van der Waals surface area contributed by atoms with Crippen LogP contribution in [0.3, 0.4) is 0 Å². The second-order valence-corrected chi connectivity index (χ2v) is 13.4. The largest absolute Gasteiger partial charge is 0.366 e. The minimum Gasteiger partial charge on any atom is -0.366 e. The summed E-state index contributed by atoms with van der Waals surface area (Å²) in [6, 6.07) is 42.8. The van der Waals surface area contributed by atoms with Crippen molar-refractivity contribution in [3.05, 3.63) is 185 Å². The van der Waals surface area contributed by atoms with Crippen LogP contribution in [0.1, 0.15) is 77.3 Å². The second-order valence-electron chi connectivity index (χ2n) is 13.4. The van der Waals surface area contributed by atoms with Crippen molar-refractivity contribution in [2.45, 2.75) is 43.8 Å². The maximum Gasteiger partial charge on any atom is 0.104 e. The Bertz CT molecular complexity index is 2150. The van der Waals surface area contributed by atoms with Crippen LogP contribution in [0.4, 0.5) is 11.4 Å². The van der Waals surface area contributed by atoms with E-state index >= 15 is 0 Å². The van der Waals surface area contributed by atoms with Gasteiger partial charge in [0, 0.05) is 28.4 Å². The molecule has 5 aromatic carbocycles. The quantitative estimate of drug-likeness (QED) is 0.176. The number of nitrogens with one attached hydrogen (secondary N) is 3. The van der Waals surface area contributed by atoms with E-state index in [0.29, 0.717) is 11.5 Å². The molecule has 234 valence electrons. The number of rotatable bonds is 6. The lowest BCUT2D eigenvalue weighted by molar-refractivity contribution is 0.443. The van der Waals surface area contributed by atoms with Gasteiger partial charge in [0.1, 0.15) is 6.17 Å². The van der Waals surface area contributed by atoms with Gasteiger partial charge in [-0.3, -0.25) is 5.32 Å². The van der Waals surface area contributed by atoms with Gasteiger partial charge < -0.3 is 10.6 Å². The molecule has 4 heteroatoms. The van der Waals surface area contributed by atoms with Crippen LogP contribution in [-0.4, -0.2) is 0 Å². The fourth-order valence-electron chi connectivity index (χ4n) is 7.70. The number of fused-ring (bicyclic) bond motifs is 3. The number of benzene rings is 5. The third-order valence-electron chi connectivity index (χ3n) is 10.1. The fourth-order valence-corrected chi connectivity index (χ4v) is 7.70. The summed E-state index contributed by atoms with van der Waals surface area (Å²) in [5, 5.41) is 21.2. The first-order chi connectivity index (χ1) is 23.5. The van der Waals surface area contributed by atoms with Crippen LogP contribution in [0.15, 0.2) is 146 Å². The van der Waals surface area contributed by atoms with Crippen molar-refractivity contribution >= 4 is 17.1 Å². The molecule has 0 saturated heterocycles. The molecule has 1 aliphatic heterocycles. The summed E-state index contributed by atoms with van der Waals surface area (Å²) in [6.45, 7) is 4.71. The van der Waals surface area contributed by atoms with E-state index in [1.165, 1.54) is 33.5 Å². The molecule has 0 amide bonds. The van der Waals surface area contributed by atoms with Crippen LogP contribution in [0.5, 0.6) is 0 Å². The topological polar surface area (TPSA) is 59.9 Å². The molecule has 2 aliphatic carbocycles. The Morgan fingerprint density at radius 3 is 2.44 bits per heavy atom. The highest BCUT2D eigenvalue weighted by molar-refractivity contribution is 5.89. The summed E-state index contributed by atoms with van der Waals surface area (Å²) in [5.74, 6) is 0.302. The average molecular weight is 623 g/mol. The van der Waals surface area contributed by atoms with E-state index in [1.54, 1.807) is 0 Å². The number of hydrogen-bond acceptors (Lipinski definition) is 4. The van der Waals surface area contributed by atoms with Gasteiger partial charge in [-0.2, -0.15) is 5.26 Å². The molecule has 1 heterocycles. The van der Waals surface area contributed by atoms with Gasteiger partial charge in [0.25, 0.3) is 0 Å². The molecule has 3 aliphatic rings. The smallest absolute Gasteiger partial charge is 0.104 e. The lowest BCUT2D eigenvalue weighted by Crippen LogP contribution is -2.39. The third-order valence-corrected chi connectivity index (χ3v) is 10.1. The first kappa shape index (κ1) is 29.8. The van der Waals surface area contributed by atoms with Gasteiger partial charge in [-0.1, -0.05) is 129 Å². The number of anilines is 2. The molecule has 0 radical (unpaired) electrons. The molecule has 3 N–H and O–H groups in total. The number of nitriles is 1. The lowest BCUT2D eigenvalue weighted by Gasteiger charge is -2.33. The molecule has 5 aromatic rings. The van der Waals surface area contributed by atoms with Crippen LogP contribution < -0.4 is 16.0 Å². The van der Waals surface area contributed by atoms with Crippen LogP contribution in [-0.2, 0) is 5.41 Å². The number of hydrogen-bond donors (Lipinski definition) is 3. The molecule has 0 saturated carbocycles. The Morgan fingerprint density at radius 1 is 0.792 bits per heavy atom. The monoisotopic (exact) mass is 622 g/mol. The molecule has 0 bridgehead atoms. The van der Waals surface area contributed by atoms with E-state index in [1.807, 2.05) is 24.3 Å². The van der Waals surface area contributed by atoms with Gasteiger partial charge in [0.05, 0.1) is 17.7 Å². The van der Waals surface area contributed by atoms with Crippen molar-refractivity contribution in [2.75, 3.05) is 5.32 Å². The van der Waals surface area contributed by atoms with E-state index in [2.05, 4.69) is 157 Å². The molecule has 0 aromatic heterocycles. The van der Waals surface area contributed by atoms with E-state index in [9.17, 15) is 5.26 Å². The third kappa shape index (κ3) is 5.33. The normalized spacial score (nSPS) is 20.2. The van der Waals surface area contributed by atoms with Gasteiger partial charge in [0.2, 0.25) is 0 Å². The van der Waals surface area contributed by atoms with Gasteiger partial charge in [-0.25, -0.2) is 0 Å². The van der Waals surface area contributed by atoms with Gasteiger partial charge in [-0.05, 0) is 81.3 Å². The van der Waals surface area contributed by atoms with Crippen molar-refractivity contribution in [2.24, 2.45) is 0 Å². The summed E-state index contributed by atoms with van der Waals surface area (Å²) in [5.41, 5.74) is 13.8. The first-order valence-corrected chi connectivity index (χ1v) is 16.8. The second kappa shape index (κ2) is 12.2. The van der Waals surface area contributed by atoms with E-state index in [-0.39, 0.29) is 17.6 Å². The SMILES string of the molecule is CC1(C)c2ccccc2-c2ccc(C3C=CC=CC3)c(Nc3cccc(C4NC(c5ccccc5)=CC(c5cccc(C#N)c5)N4)c3)c21.